The Kier molecular flexibility index (Phi) is 2.88. The lowest BCUT2D eigenvalue weighted by Crippen LogP contribution is -2.16. The van der Waals surface area contributed by atoms with Crippen LogP contribution in [0.25, 0.3) is 0 Å². The second-order valence-electron chi connectivity index (χ2n) is 1.14. The van der Waals surface area contributed by atoms with Crippen LogP contribution in [0.15, 0.2) is 12.7 Å². The number of carbonyl (C=O) groups is 1. The van der Waals surface area contributed by atoms with E-state index in [-0.39, 0.29) is 0 Å². The Hall–Kier alpha value is -1.04. The largest absolute Gasteiger partial charge is 0.558 e. The SMILES string of the molecule is C=CC(=O)OOC(F)(F)F. The Morgan fingerprint density at radius 3 is 2.30 bits per heavy atom. The Balaban J connectivity index is 3.55. The first-order valence-electron chi connectivity index (χ1n) is 2.04. The maximum absolute atomic E-state index is 11.0. The van der Waals surface area contributed by atoms with Crippen LogP contribution in [0.3, 0.4) is 0 Å². The lowest BCUT2D eigenvalue weighted by atomic mass is 10.7. The van der Waals surface area contributed by atoms with Crippen LogP contribution in [0.1, 0.15) is 0 Å². The van der Waals surface area contributed by atoms with Crippen LogP contribution in [-0.4, -0.2) is 12.3 Å². The van der Waals surface area contributed by atoms with E-state index in [0.717, 1.165) is 0 Å². The van der Waals surface area contributed by atoms with Crippen molar-refractivity contribution in [3.05, 3.63) is 12.7 Å². The maximum Gasteiger partial charge on any atom is 0.558 e. The Morgan fingerprint density at radius 2 is 2.00 bits per heavy atom. The van der Waals surface area contributed by atoms with Gasteiger partial charge in [0.25, 0.3) is 0 Å². The summed E-state index contributed by atoms with van der Waals surface area (Å²) in [4.78, 5) is 15.7. The summed E-state index contributed by atoms with van der Waals surface area (Å²) in [5.41, 5.74) is 0. The molecule has 0 amide bonds. The summed E-state index contributed by atoms with van der Waals surface area (Å²) in [6.07, 6.45) is -4.41. The van der Waals surface area contributed by atoms with Gasteiger partial charge in [-0.05, 0) is 0 Å². The smallest absolute Gasteiger partial charge is 0.285 e. The average Bonchev–Trinajstić information content (AvgIpc) is 1.81. The summed E-state index contributed by atoms with van der Waals surface area (Å²) in [5.74, 6) is -1.29. The molecule has 0 spiro atoms. The van der Waals surface area contributed by atoms with Crippen molar-refractivity contribution in [1.82, 2.24) is 0 Å². The minimum atomic E-state index is -4.96. The molecule has 0 saturated heterocycles. The molecule has 0 aliphatic heterocycles. The molecule has 0 atom stereocenters. The van der Waals surface area contributed by atoms with E-state index in [1.165, 1.54) is 0 Å². The molecule has 0 N–H and O–H groups in total. The van der Waals surface area contributed by atoms with Gasteiger partial charge in [-0.1, -0.05) is 11.5 Å². The molecule has 0 unspecified atom stereocenters. The quantitative estimate of drug-likeness (QED) is 0.342. The molecule has 0 saturated carbocycles. The monoisotopic (exact) mass is 156 g/mol. The normalized spacial score (nSPS) is 10.7. The molecular formula is C4H3F3O3. The predicted molar refractivity (Wildman–Crippen MR) is 23.4 cm³/mol. The summed E-state index contributed by atoms with van der Waals surface area (Å²) in [7, 11) is 0. The third-order valence-electron chi connectivity index (χ3n) is 0.385. The van der Waals surface area contributed by atoms with E-state index in [9.17, 15) is 18.0 Å². The second kappa shape index (κ2) is 3.21. The van der Waals surface area contributed by atoms with Gasteiger partial charge in [0.05, 0.1) is 0 Å². The van der Waals surface area contributed by atoms with Gasteiger partial charge in [-0.25, -0.2) is 4.79 Å². The Morgan fingerprint density at radius 1 is 1.50 bits per heavy atom. The second-order valence-corrected chi connectivity index (χ2v) is 1.14. The van der Waals surface area contributed by atoms with Gasteiger partial charge in [0.2, 0.25) is 0 Å². The lowest BCUT2D eigenvalue weighted by Gasteiger charge is -2.02. The van der Waals surface area contributed by atoms with Crippen LogP contribution in [0.5, 0.6) is 0 Å². The van der Waals surface area contributed by atoms with E-state index in [2.05, 4.69) is 16.4 Å². The third-order valence-corrected chi connectivity index (χ3v) is 0.385. The number of hydrogen-bond acceptors (Lipinski definition) is 3. The molecular weight excluding hydrogens is 153 g/mol. The van der Waals surface area contributed by atoms with Crippen molar-refractivity contribution < 1.29 is 27.7 Å². The zero-order chi connectivity index (χ0) is 8.20. The summed E-state index contributed by atoms with van der Waals surface area (Å²) >= 11 is 0. The van der Waals surface area contributed by atoms with Crippen LogP contribution in [0.4, 0.5) is 13.2 Å². The van der Waals surface area contributed by atoms with Gasteiger partial charge in [-0.3, -0.25) is 4.89 Å². The van der Waals surface area contributed by atoms with E-state index in [0.29, 0.717) is 6.08 Å². The van der Waals surface area contributed by atoms with E-state index < -0.39 is 12.3 Å². The molecule has 0 aliphatic carbocycles. The highest BCUT2D eigenvalue weighted by molar-refractivity contribution is 5.80. The molecule has 0 aromatic heterocycles. The lowest BCUT2D eigenvalue weighted by molar-refractivity contribution is -0.461. The van der Waals surface area contributed by atoms with Gasteiger partial charge in [-0.15, -0.1) is 13.2 Å². The minimum Gasteiger partial charge on any atom is -0.285 e. The maximum atomic E-state index is 11.0. The van der Waals surface area contributed by atoms with Crippen LogP contribution < -0.4 is 0 Å². The Bertz CT molecular complexity index is 139. The van der Waals surface area contributed by atoms with Crippen molar-refractivity contribution >= 4 is 5.97 Å². The molecule has 0 radical (unpaired) electrons. The highest BCUT2D eigenvalue weighted by Gasteiger charge is 2.32. The zero-order valence-electron chi connectivity index (χ0n) is 4.64. The van der Waals surface area contributed by atoms with Crippen molar-refractivity contribution in [3.63, 3.8) is 0 Å². The molecule has 0 aromatic rings. The van der Waals surface area contributed by atoms with E-state index >= 15 is 0 Å². The van der Waals surface area contributed by atoms with Crippen molar-refractivity contribution in [2.45, 2.75) is 6.36 Å². The van der Waals surface area contributed by atoms with Crippen LogP contribution >= 0.6 is 0 Å². The molecule has 0 heterocycles. The fourth-order valence-electron chi connectivity index (χ4n) is 0.122. The number of carbonyl (C=O) groups excluding carboxylic acids is 1. The number of alkyl halides is 3. The molecule has 58 valence electrons. The summed E-state index contributed by atoms with van der Waals surface area (Å²) < 4.78 is 33.1. The zero-order valence-corrected chi connectivity index (χ0v) is 4.64. The number of rotatable bonds is 2. The fourth-order valence-corrected chi connectivity index (χ4v) is 0.122. The summed E-state index contributed by atoms with van der Waals surface area (Å²) in [5, 5.41) is 0. The molecule has 0 rings (SSSR count). The van der Waals surface area contributed by atoms with Gasteiger partial charge in [0.15, 0.2) is 0 Å². The van der Waals surface area contributed by atoms with Gasteiger partial charge < -0.3 is 0 Å². The first-order valence-corrected chi connectivity index (χ1v) is 2.04. The van der Waals surface area contributed by atoms with Crippen LogP contribution in [-0.2, 0) is 14.6 Å². The highest BCUT2D eigenvalue weighted by atomic mass is 19.4. The van der Waals surface area contributed by atoms with Crippen molar-refractivity contribution in [2.24, 2.45) is 0 Å². The molecule has 0 aromatic carbocycles. The number of halogens is 3. The van der Waals surface area contributed by atoms with Crippen molar-refractivity contribution in [2.75, 3.05) is 0 Å². The van der Waals surface area contributed by atoms with Gasteiger partial charge >= 0.3 is 12.3 Å². The number of hydrogen-bond donors (Lipinski definition) is 0. The molecule has 0 bridgehead atoms. The molecule has 6 heteroatoms. The van der Waals surface area contributed by atoms with Gasteiger partial charge in [0.1, 0.15) is 0 Å². The molecule has 0 fully saturated rings. The van der Waals surface area contributed by atoms with E-state index in [1.807, 2.05) is 0 Å². The Labute approximate surface area is 54.0 Å². The topological polar surface area (TPSA) is 35.5 Å². The predicted octanol–water partition coefficient (Wildman–Crippen LogP) is 1.17. The standard InChI is InChI=1S/C4H3F3O3/c1-2-3(8)9-10-4(5,6)7/h2H,1H2. The third kappa shape index (κ3) is 5.10. The van der Waals surface area contributed by atoms with Gasteiger partial charge in [-0.2, -0.15) is 0 Å². The molecule has 3 nitrogen and oxygen atoms in total. The minimum absolute atomic E-state index is 0.547. The van der Waals surface area contributed by atoms with E-state index in [1.54, 1.807) is 0 Å². The summed E-state index contributed by atoms with van der Waals surface area (Å²) in [6, 6.07) is 0. The van der Waals surface area contributed by atoms with E-state index in [4.69, 9.17) is 0 Å². The fraction of sp³-hybridized carbons (Fsp3) is 0.250. The van der Waals surface area contributed by atoms with Crippen LogP contribution in [0, 0.1) is 0 Å². The first-order chi connectivity index (χ1) is 4.45. The van der Waals surface area contributed by atoms with Crippen LogP contribution in [0.2, 0.25) is 0 Å². The van der Waals surface area contributed by atoms with Crippen molar-refractivity contribution in [3.8, 4) is 0 Å². The molecule has 0 aliphatic rings. The van der Waals surface area contributed by atoms with Gasteiger partial charge in [0, 0.05) is 6.08 Å². The molecule has 10 heavy (non-hydrogen) atoms. The highest BCUT2D eigenvalue weighted by Crippen LogP contribution is 2.16. The summed E-state index contributed by atoms with van der Waals surface area (Å²) in [6.45, 7) is 2.84. The van der Waals surface area contributed by atoms with Crippen molar-refractivity contribution in [1.29, 1.82) is 0 Å². The average molecular weight is 156 g/mol. The first kappa shape index (κ1) is 8.96.